The van der Waals surface area contributed by atoms with E-state index in [0.717, 1.165) is 12.5 Å². The smallest absolute Gasteiger partial charge is 0.0161 e. The van der Waals surface area contributed by atoms with Gasteiger partial charge in [-0.05, 0) is 19.8 Å². The summed E-state index contributed by atoms with van der Waals surface area (Å²) >= 11 is 0. The van der Waals surface area contributed by atoms with Gasteiger partial charge in [0.15, 0.2) is 0 Å². The van der Waals surface area contributed by atoms with Gasteiger partial charge >= 0.3 is 0 Å². The summed E-state index contributed by atoms with van der Waals surface area (Å²) in [6.45, 7) is 13.6. The van der Waals surface area contributed by atoms with E-state index in [1.165, 1.54) is 12.0 Å². The molecule has 0 aliphatic heterocycles. The van der Waals surface area contributed by atoms with E-state index in [1.54, 1.807) is 0 Å². The first-order valence-electron chi connectivity index (χ1n) is 4.45. The summed E-state index contributed by atoms with van der Waals surface area (Å²) in [5.74, 6) is 0.759. The molecule has 0 aliphatic carbocycles. The third-order valence-electron chi connectivity index (χ3n) is 2.22. The molecule has 2 atom stereocenters. The Morgan fingerprint density at radius 2 is 2.00 bits per heavy atom. The largest absolute Gasteiger partial charge is 0.310 e. The van der Waals surface area contributed by atoms with Crippen molar-refractivity contribution in [1.82, 2.24) is 5.32 Å². The van der Waals surface area contributed by atoms with Gasteiger partial charge in [0.05, 0.1) is 0 Å². The van der Waals surface area contributed by atoms with Crippen molar-refractivity contribution in [3.8, 4) is 0 Å². The second-order valence-corrected chi connectivity index (χ2v) is 3.51. The van der Waals surface area contributed by atoms with Crippen molar-refractivity contribution in [3.63, 3.8) is 0 Å². The van der Waals surface area contributed by atoms with Crippen molar-refractivity contribution in [3.05, 3.63) is 12.2 Å². The minimum absolute atomic E-state index is 0.608. The molecule has 0 saturated carbocycles. The molecule has 0 bridgehead atoms. The van der Waals surface area contributed by atoms with Crippen LogP contribution in [-0.2, 0) is 0 Å². The molecule has 11 heavy (non-hydrogen) atoms. The quantitative estimate of drug-likeness (QED) is 0.602. The first kappa shape index (κ1) is 10.7. The summed E-state index contributed by atoms with van der Waals surface area (Å²) in [5, 5.41) is 3.43. The van der Waals surface area contributed by atoms with E-state index in [2.05, 4.69) is 39.6 Å². The van der Waals surface area contributed by atoms with Crippen molar-refractivity contribution in [2.45, 2.75) is 40.2 Å². The summed E-state index contributed by atoms with van der Waals surface area (Å²) in [6.07, 6.45) is 1.24. The van der Waals surface area contributed by atoms with E-state index >= 15 is 0 Å². The maximum atomic E-state index is 3.85. The Morgan fingerprint density at radius 1 is 1.45 bits per heavy atom. The predicted molar refractivity (Wildman–Crippen MR) is 51.7 cm³/mol. The summed E-state index contributed by atoms with van der Waals surface area (Å²) in [5.41, 5.74) is 1.21. The molecule has 0 aromatic rings. The zero-order valence-electron chi connectivity index (χ0n) is 8.28. The Morgan fingerprint density at radius 3 is 2.36 bits per heavy atom. The molecule has 0 aromatic carbocycles. The lowest BCUT2D eigenvalue weighted by Gasteiger charge is -2.19. The Hall–Kier alpha value is -0.300. The van der Waals surface area contributed by atoms with Crippen LogP contribution in [0.3, 0.4) is 0 Å². The number of rotatable bonds is 5. The SMILES string of the molecule is C=C(C)CNC(C)C(C)CC. The number of nitrogens with one attached hydrogen (secondary N) is 1. The van der Waals surface area contributed by atoms with Gasteiger partial charge in [-0.15, -0.1) is 0 Å². The van der Waals surface area contributed by atoms with Crippen LogP contribution in [-0.4, -0.2) is 12.6 Å². The molecule has 0 radical (unpaired) electrons. The minimum Gasteiger partial charge on any atom is -0.310 e. The zero-order valence-corrected chi connectivity index (χ0v) is 8.28. The maximum Gasteiger partial charge on any atom is 0.0161 e. The van der Waals surface area contributed by atoms with Gasteiger partial charge in [-0.2, -0.15) is 0 Å². The first-order chi connectivity index (χ1) is 5.07. The second kappa shape index (κ2) is 5.36. The average molecular weight is 155 g/mol. The van der Waals surface area contributed by atoms with Crippen LogP contribution in [0, 0.1) is 5.92 Å². The summed E-state index contributed by atoms with van der Waals surface area (Å²) in [4.78, 5) is 0. The number of hydrogen-bond acceptors (Lipinski definition) is 1. The molecule has 0 heterocycles. The molecule has 0 fully saturated rings. The van der Waals surface area contributed by atoms with Gasteiger partial charge in [-0.1, -0.05) is 32.4 Å². The Bertz CT molecular complexity index is 118. The van der Waals surface area contributed by atoms with E-state index in [4.69, 9.17) is 0 Å². The maximum absolute atomic E-state index is 3.85. The lowest BCUT2D eigenvalue weighted by molar-refractivity contribution is 0.401. The van der Waals surface area contributed by atoms with E-state index < -0.39 is 0 Å². The van der Waals surface area contributed by atoms with Crippen LogP contribution in [0.15, 0.2) is 12.2 Å². The fourth-order valence-electron chi connectivity index (χ4n) is 0.890. The van der Waals surface area contributed by atoms with Crippen LogP contribution in [0.4, 0.5) is 0 Å². The van der Waals surface area contributed by atoms with Crippen LogP contribution >= 0.6 is 0 Å². The standard InChI is InChI=1S/C10H21N/c1-6-9(4)10(5)11-7-8(2)3/h9-11H,2,6-7H2,1,3-5H3. The molecule has 0 spiro atoms. The van der Waals surface area contributed by atoms with Gasteiger partial charge in [0.25, 0.3) is 0 Å². The summed E-state index contributed by atoms with van der Waals surface area (Å²) in [7, 11) is 0. The van der Waals surface area contributed by atoms with Crippen molar-refractivity contribution >= 4 is 0 Å². The van der Waals surface area contributed by atoms with Gasteiger partial charge in [-0.3, -0.25) is 0 Å². The van der Waals surface area contributed by atoms with E-state index in [9.17, 15) is 0 Å². The van der Waals surface area contributed by atoms with Crippen LogP contribution in [0.5, 0.6) is 0 Å². The Kier molecular flexibility index (Phi) is 5.22. The van der Waals surface area contributed by atoms with Gasteiger partial charge < -0.3 is 5.32 Å². The van der Waals surface area contributed by atoms with Gasteiger partial charge in [0.2, 0.25) is 0 Å². The molecule has 0 aliphatic rings. The van der Waals surface area contributed by atoms with Crippen LogP contribution in [0.2, 0.25) is 0 Å². The fraction of sp³-hybridized carbons (Fsp3) is 0.800. The third-order valence-corrected chi connectivity index (χ3v) is 2.22. The van der Waals surface area contributed by atoms with E-state index in [1.807, 2.05) is 0 Å². The number of hydrogen-bond donors (Lipinski definition) is 1. The average Bonchev–Trinajstić information content (AvgIpc) is 1.98. The van der Waals surface area contributed by atoms with Crippen molar-refractivity contribution < 1.29 is 0 Å². The normalized spacial score (nSPS) is 16.0. The molecule has 2 unspecified atom stereocenters. The highest BCUT2D eigenvalue weighted by Gasteiger charge is 2.07. The van der Waals surface area contributed by atoms with Gasteiger partial charge in [0.1, 0.15) is 0 Å². The molecular formula is C10H21N. The van der Waals surface area contributed by atoms with Crippen molar-refractivity contribution in [2.24, 2.45) is 5.92 Å². The fourth-order valence-corrected chi connectivity index (χ4v) is 0.890. The Labute approximate surface area is 70.9 Å². The molecule has 1 N–H and O–H groups in total. The molecular weight excluding hydrogens is 134 g/mol. The van der Waals surface area contributed by atoms with E-state index in [0.29, 0.717) is 6.04 Å². The molecule has 1 nitrogen and oxygen atoms in total. The van der Waals surface area contributed by atoms with Crippen LogP contribution in [0.25, 0.3) is 0 Å². The molecule has 0 rings (SSSR count). The predicted octanol–water partition coefficient (Wildman–Crippen LogP) is 2.59. The van der Waals surface area contributed by atoms with Crippen molar-refractivity contribution in [1.29, 1.82) is 0 Å². The zero-order chi connectivity index (χ0) is 8.85. The van der Waals surface area contributed by atoms with Crippen LogP contribution in [0.1, 0.15) is 34.1 Å². The highest BCUT2D eigenvalue weighted by molar-refractivity contribution is 4.91. The van der Waals surface area contributed by atoms with Gasteiger partial charge in [0, 0.05) is 12.6 Å². The van der Waals surface area contributed by atoms with Gasteiger partial charge in [-0.25, -0.2) is 0 Å². The molecule has 0 amide bonds. The lowest BCUT2D eigenvalue weighted by atomic mass is 10.0. The van der Waals surface area contributed by atoms with Crippen LogP contribution < -0.4 is 5.32 Å². The lowest BCUT2D eigenvalue weighted by Crippen LogP contribution is -2.32. The summed E-state index contributed by atoms with van der Waals surface area (Å²) in [6, 6.07) is 0.608. The molecule has 0 saturated heterocycles. The second-order valence-electron chi connectivity index (χ2n) is 3.51. The molecule has 66 valence electrons. The summed E-state index contributed by atoms with van der Waals surface area (Å²) < 4.78 is 0. The molecule has 1 heteroatoms. The monoisotopic (exact) mass is 155 g/mol. The first-order valence-corrected chi connectivity index (χ1v) is 4.45. The topological polar surface area (TPSA) is 12.0 Å². The van der Waals surface area contributed by atoms with Crippen molar-refractivity contribution in [2.75, 3.05) is 6.54 Å². The molecule has 0 aromatic heterocycles. The van der Waals surface area contributed by atoms with E-state index in [-0.39, 0.29) is 0 Å². The highest BCUT2D eigenvalue weighted by atomic mass is 14.9. The third kappa shape index (κ3) is 5.02. The minimum atomic E-state index is 0.608. The Balaban J connectivity index is 3.51. The highest BCUT2D eigenvalue weighted by Crippen LogP contribution is 2.06.